The zero-order valence-electron chi connectivity index (χ0n) is 21.3. The van der Waals surface area contributed by atoms with Gasteiger partial charge < -0.3 is 21.1 Å². The first-order valence-corrected chi connectivity index (χ1v) is 12.4. The lowest BCUT2D eigenvalue weighted by molar-refractivity contribution is -0.137. The van der Waals surface area contributed by atoms with Gasteiger partial charge in [-0.25, -0.2) is 0 Å². The number of fused-ring (bicyclic) bond motifs is 1. The number of nitrogens with one attached hydrogen (secondary N) is 4. The minimum atomic E-state index is -1.00. The van der Waals surface area contributed by atoms with Crippen LogP contribution in [0.1, 0.15) is 50.9 Å². The molecule has 1 aromatic carbocycles. The van der Waals surface area contributed by atoms with E-state index in [1.807, 2.05) is 19.1 Å². The highest BCUT2D eigenvalue weighted by molar-refractivity contribution is 6.05. The molecular formula is C24H32N8O6. The van der Waals surface area contributed by atoms with Gasteiger partial charge in [-0.3, -0.25) is 28.9 Å². The summed E-state index contributed by atoms with van der Waals surface area (Å²) < 4.78 is 0. The number of anilines is 1. The summed E-state index contributed by atoms with van der Waals surface area (Å²) in [5.41, 5.74) is 1.40. The normalized spacial score (nSPS) is 15.7. The van der Waals surface area contributed by atoms with Crippen molar-refractivity contribution in [2.45, 2.75) is 64.6 Å². The molecular weight excluding hydrogens is 496 g/mol. The molecule has 0 saturated heterocycles. The second-order valence-electron chi connectivity index (χ2n) is 9.05. The van der Waals surface area contributed by atoms with E-state index in [9.17, 15) is 24.0 Å². The summed E-state index contributed by atoms with van der Waals surface area (Å²) in [4.78, 5) is 63.6. The second-order valence-corrected chi connectivity index (χ2v) is 9.05. The summed E-state index contributed by atoms with van der Waals surface area (Å²) in [7, 11) is 0. The number of H-pyrrole nitrogens is 1. The highest BCUT2D eigenvalue weighted by Gasteiger charge is 2.38. The molecule has 1 aliphatic rings. The number of nitrogens with zero attached hydrogens (tertiary/aromatic N) is 4. The van der Waals surface area contributed by atoms with Crippen LogP contribution in [0.15, 0.2) is 24.3 Å². The predicted molar refractivity (Wildman–Crippen MR) is 133 cm³/mol. The zero-order valence-corrected chi connectivity index (χ0v) is 21.3. The number of hydrogen-bond acceptors (Lipinski definition) is 8. The fourth-order valence-electron chi connectivity index (χ4n) is 4.15. The SMILES string of the molecule is CC[C@H](C)C(NC(=O)CCCC(=O)O)C(=O)NCC(=O)N1c2ccccc2C[C@H]1C(=O)NCc1nn[nH]n1. The average Bonchev–Trinajstić information content (AvgIpc) is 3.56. The highest BCUT2D eigenvalue weighted by Crippen LogP contribution is 2.32. The molecule has 38 heavy (non-hydrogen) atoms. The number of aromatic amines is 1. The number of para-hydroxylation sites is 1. The third-order valence-corrected chi connectivity index (χ3v) is 6.38. The lowest BCUT2D eigenvalue weighted by Crippen LogP contribution is -2.54. The van der Waals surface area contributed by atoms with Crippen molar-refractivity contribution in [1.29, 1.82) is 0 Å². The molecule has 2 heterocycles. The maximum Gasteiger partial charge on any atom is 0.303 e. The van der Waals surface area contributed by atoms with Crippen molar-refractivity contribution in [3.8, 4) is 0 Å². The van der Waals surface area contributed by atoms with Gasteiger partial charge in [0.2, 0.25) is 23.6 Å². The minimum absolute atomic E-state index is 0.0311. The van der Waals surface area contributed by atoms with Crippen molar-refractivity contribution >= 4 is 35.3 Å². The number of tetrazole rings is 1. The van der Waals surface area contributed by atoms with Gasteiger partial charge in [0.05, 0.1) is 13.1 Å². The van der Waals surface area contributed by atoms with Crippen molar-refractivity contribution in [2.75, 3.05) is 11.4 Å². The van der Waals surface area contributed by atoms with Gasteiger partial charge in [-0.1, -0.05) is 43.7 Å². The monoisotopic (exact) mass is 528 g/mol. The van der Waals surface area contributed by atoms with Gasteiger partial charge in [0.25, 0.3) is 0 Å². The Morgan fingerprint density at radius 1 is 1.16 bits per heavy atom. The molecule has 1 aliphatic heterocycles. The van der Waals surface area contributed by atoms with E-state index in [1.165, 1.54) is 4.90 Å². The molecule has 0 aliphatic carbocycles. The Morgan fingerprint density at radius 2 is 1.92 bits per heavy atom. The number of aliphatic carboxylic acids is 1. The molecule has 3 rings (SSSR count). The van der Waals surface area contributed by atoms with E-state index >= 15 is 0 Å². The van der Waals surface area contributed by atoms with Crippen molar-refractivity contribution < 1.29 is 29.1 Å². The molecule has 1 aromatic heterocycles. The molecule has 14 heteroatoms. The first-order valence-electron chi connectivity index (χ1n) is 12.4. The lowest BCUT2D eigenvalue weighted by Gasteiger charge is -2.26. The number of carboxylic acids is 1. The van der Waals surface area contributed by atoms with Gasteiger partial charge in [-0.15, -0.1) is 10.2 Å². The summed E-state index contributed by atoms with van der Waals surface area (Å²) in [6.45, 7) is 3.31. The van der Waals surface area contributed by atoms with E-state index in [4.69, 9.17) is 5.11 Å². The fourth-order valence-corrected chi connectivity index (χ4v) is 4.15. The van der Waals surface area contributed by atoms with Gasteiger partial charge >= 0.3 is 5.97 Å². The smallest absolute Gasteiger partial charge is 0.303 e. The topological polar surface area (TPSA) is 199 Å². The Bertz CT molecular complexity index is 1150. The maximum absolute atomic E-state index is 13.3. The largest absolute Gasteiger partial charge is 0.481 e. The summed E-state index contributed by atoms with van der Waals surface area (Å²) in [5.74, 6) is -2.81. The average molecular weight is 529 g/mol. The van der Waals surface area contributed by atoms with Crippen LogP contribution in [0.3, 0.4) is 0 Å². The zero-order chi connectivity index (χ0) is 27.7. The van der Waals surface area contributed by atoms with Gasteiger partial charge in [-0.05, 0) is 24.0 Å². The van der Waals surface area contributed by atoms with Crippen LogP contribution >= 0.6 is 0 Å². The molecule has 0 fully saturated rings. The van der Waals surface area contributed by atoms with Crippen molar-refractivity contribution in [2.24, 2.45) is 5.92 Å². The van der Waals surface area contributed by atoms with Gasteiger partial charge in [0.1, 0.15) is 12.1 Å². The van der Waals surface area contributed by atoms with Crippen molar-refractivity contribution in [3.63, 3.8) is 0 Å². The number of carbonyl (C=O) groups excluding carboxylic acids is 4. The highest BCUT2D eigenvalue weighted by atomic mass is 16.4. The predicted octanol–water partition coefficient (Wildman–Crippen LogP) is -0.324. The summed E-state index contributed by atoms with van der Waals surface area (Å²) in [6, 6.07) is 5.42. The first-order chi connectivity index (χ1) is 18.2. The number of amides is 4. The van der Waals surface area contributed by atoms with Crippen LogP contribution < -0.4 is 20.9 Å². The van der Waals surface area contributed by atoms with E-state index < -0.39 is 41.7 Å². The molecule has 0 spiro atoms. The summed E-state index contributed by atoms with van der Waals surface area (Å²) in [5, 5.41) is 30.0. The first kappa shape index (κ1) is 28.2. The maximum atomic E-state index is 13.3. The van der Waals surface area contributed by atoms with Gasteiger partial charge in [-0.2, -0.15) is 5.21 Å². The van der Waals surface area contributed by atoms with Crippen LogP contribution in [-0.2, 0) is 36.9 Å². The summed E-state index contributed by atoms with van der Waals surface area (Å²) >= 11 is 0. The second kappa shape index (κ2) is 13.3. The molecule has 0 bridgehead atoms. The number of aromatic nitrogens is 4. The standard InChI is InChI=1S/C24H32N8O6/c1-3-14(2)22(27-19(33)9-6-10-21(35)36)24(38)26-13-20(34)32-16-8-5-4-7-15(16)11-17(32)23(37)25-12-18-28-30-31-29-18/h4-5,7-8,14,17,22H,3,6,9-13H2,1-2H3,(H,25,37)(H,26,38)(H,27,33)(H,35,36)(H,28,29,30,31)/t14-,17-,22?/m0/s1. The van der Waals surface area contributed by atoms with Crippen LogP contribution in [0.25, 0.3) is 0 Å². The van der Waals surface area contributed by atoms with Gasteiger partial charge in [0, 0.05) is 24.9 Å². The Labute approximate surface area is 218 Å². The lowest BCUT2D eigenvalue weighted by atomic mass is 9.98. The molecule has 204 valence electrons. The van der Waals surface area contributed by atoms with Crippen LogP contribution in [0.4, 0.5) is 5.69 Å². The van der Waals surface area contributed by atoms with Crippen LogP contribution in [-0.4, -0.2) is 74.0 Å². The quantitative estimate of drug-likeness (QED) is 0.231. The van der Waals surface area contributed by atoms with Crippen molar-refractivity contribution in [1.82, 2.24) is 36.6 Å². The molecule has 3 atom stereocenters. The molecule has 14 nitrogen and oxygen atoms in total. The fraction of sp³-hybridized carbons (Fsp3) is 0.500. The molecule has 0 saturated carbocycles. The number of hydrogen-bond donors (Lipinski definition) is 5. The van der Waals surface area contributed by atoms with Crippen molar-refractivity contribution in [3.05, 3.63) is 35.7 Å². The number of carboxylic acid groups (broad SMARTS) is 1. The number of rotatable bonds is 13. The molecule has 1 unspecified atom stereocenters. The van der Waals surface area contributed by atoms with E-state index in [-0.39, 0.29) is 38.3 Å². The Kier molecular flexibility index (Phi) is 9.85. The van der Waals surface area contributed by atoms with E-state index in [0.29, 0.717) is 24.4 Å². The number of carbonyl (C=O) groups is 5. The Balaban J connectivity index is 1.64. The van der Waals surface area contributed by atoms with E-state index in [0.717, 1.165) is 5.56 Å². The number of benzene rings is 1. The molecule has 2 aromatic rings. The molecule has 4 amide bonds. The Morgan fingerprint density at radius 3 is 2.61 bits per heavy atom. The molecule has 5 N–H and O–H groups in total. The van der Waals surface area contributed by atoms with E-state index in [2.05, 4.69) is 36.6 Å². The minimum Gasteiger partial charge on any atom is -0.481 e. The van der Waals surface area contributed by atoms with Crippen LogP contribution in [0, 0.1) is 5.92 Å². The van der Waals surface area contributed by atoms with Gasteiger partial charge in [0.15, 0.2) is 5.82 Å². The molecule has 0 radical (unpaired) electrons. The summed E-state index contributed by atoms with van der Waals surface area (Å²) in [6.07, 6.45) is 0.859. The third kappa shape index (κ3) is 7.33. The van der Waals surface area contributed by atoms with Crippen LogP contribution in [0.2, 0.25) is 0 Å². The van der Waals surface area contributed by atoms with Crippen LogP contribution in [0.5, 0.6) is 0 Å². The Hall–Kier alpha value is -4.36. The van der Waals surface area contributed by atoms with E-state index in [1.54, 1.807) is 19.1 Å². The third-order valence-electron chi connectivity index (χ3n) is 6.38.